The Morgan fingerprint density at radius 3 is 2.67 bits per heavy atom. The van der Waals surface area contributed by atoms with E-state index < -0.39 is 10.8 Å². The topological polar surface area (TPSA) is 161 Å². The fourth-order valence-electron chi connectivity index (χ4n) is 3.23. The Kier molecular flexibility index (Phi) is 5.95. The highest BCUT2D eigenvalue weighted by molar-refractivity contribution is 9.10. The Labute approximate surface area is 197 Å². The highest BCUT2D eigenvalue weighted by Crippen LogP contribution is 2.31. The van der Waals surface area contributed by atoms with Crippen LogP contribution in [0, 0.1) is 10.1 Å². The first-order chi connectivity index (χ1) is 15.7. The Morgan fingerprint density at radius 1 is 1.27 bits per heavy atom. The molecule has 0 radical (unpaired) electrons. The fourth-order valence-corrected chi connectivity index (χ4v) is 4.19. The van der Waals surface area contributed by atoms with Crippen molar-refractivity contribution in [2.45, 2.75) is 5.16 Å². The maximum atomic E-state index is 12.5. The molecule has 14 heteroatoms. The highest BCUT2D eigenvalue weighted by Gasteiger charge is 2.21. The van der Waals surface area contributed by atoms with Crippen molar-refractivity contribution in [2.24, 2.45) is 14.1 Å². The number of benzene rings is 2. The molecule has 33 heavy (non-hydrogen) atoms. The number of phenols is 1. The molecule has 0 saturated carbocycles. The number of aromatic nitrogens is 5. The second-order valence-electron chi connectivity index (χ2n) is 6.98. The van der Waals surface area contributed by atoms with Crippen LogP contribution in [0.25, 0.3) is 22.4 Å². The van der Waals surface area contributed by atoms with Gasteiger partial charge in [-0.25, -0.2) is 9.78 Å². The number of carbonyl (C=O) groups is 1. The van der Waals surface area contributed by atoms with Gasteiger partial charge in [0, 0.05) is 24.6 Å². The number of aromatic hydroxyl groups is 1. The second-order valence-corrected chi connectivity index (χ2v) is 8.84. The molecule has 170 valence electrons. The van der Waals surface area contributed by atoms with Crippen LogP contribution in [0.3, 0.4) is 0 Å². The van der Waals surface area contributed by atoms with Crippen LogP contribution in [0.5, 0.6) is 5.75 Å². The zero-order chi connectivity index (χ0) is 23.9. The number of aryl methyl sites for hydroxylation is 2. The highest BCUT2D eigenvalue weighted by atomic mass is 79.9. The van der Waals surface area contributed by atoms with Gasteiger partial charge in [-0.2, -0.15) is 0 Å². The number of nitrogens with zero attached hydrogens (tertiary/aromatic N) is 5. The lowest BCUT2D eigenvalue weighted by atomic mass is 10.2. The monoisotopic (exact) mass is 533 g/mol. The number of nitro groups is 1. The predicted molar refractivity (Wildman–Crippen MR) is 125 cm³/mol. The molecule has 0 spiro atoms. The lowest BCUT2D eigenvalue weighted by Crippen LogP contribution is -2.19. The molecule has 0 atom stereocenters. The SMILES string of the molecule is Cn1c(=O)n(C)c2cc([N+](=O)[O-])c(NC(=O)CSc3n[nH]c(-c4cc(Br)ccc4O)n3)cc21. The van der Waals surface area contributed by atoms with Crippen LogP contribution in [0.4, 0.5) is 11.4 Å². The smallest absolute Gasteiger partial charge is 0.328 e. The van der Waals surface area contributed by atoms with Gasteiger partial charge in [-0.15, -0.1) is 5.10 Å². The lowest BCUT2D eigenvalue weighted by molar-refractivity contribution is -0.383. The van der Waals surface area contributed by atoms with Crippen LogP contribution in [-0.4, -0.2) is 46.0 Å². The van der Waals surface area contributed by atoms with E-state index in [1.165, 1.54) is 34.4 Å². The van der Waals surface area contributed by atoms with E-state index in [0.29, 0.717) is 22.4 Å². The van der Waals surface area contributed by atoms with Crippen molar-refractivity contribution in [1.29, 1.82) is 0 Å². The normalized spacial score (nSPS) is 11.1. The molecule has 12 nitrogen and oxygen atoms in total. The van der Waals surface area contributed by atoms with Crippen LogP contribution in [0.2, 0.25) is 0 Å². The standard InChI is InChI=1S/C19H16BrN7O5S/c1-25-13-6-11(12(27(31)32)7-14(13)26(2)19(25)30)21-16(29)8-33-18-22-17(23-24-18)10-5-9(20)3-4-15(10)28/h3-7,28H,8H2,1-2H3,(H,21,29)(H,22,23,24). The molecule has 2 aromatic heterocycles. The molecule has 3 N–H and O–H groups in total. The average Bonchev–Trinajstić information content (AvgIpc) is 3.33. The molecule has 0 fully saturated rings. The summed E-state index contributed by atoms with van der Waals surface area (Å²) in [6, 6.07) is 7.51. The summed E-state index contributed by atoms with van der Waals surface area (Å²) in [5.74, 6) is -0.297. The summed E-state index contributed by atoms with van der Waals surface area (Å²) in [7, 11) is 3.06. The number of anilines is 1. The van der Waals surface area contributed by atoms with Crippen molar-refractivity contribution in [2.75, 3.05) is 11.1 Å². The Morgan fingerprint density at radius 2 is 1.97 bits per heavy atom. The average molecular weight is 534 g/mol. The van der Waals surface area contributed by atoms with Gasteiger partial charge in [-0.3, -0.25) is 29.1 Å². The molecule has 0 aliphatic rings. The number of phenolic OH excluding ortho intramolecular Hbond substituents is 1. The molecule has 0 aliphatic carbocycles. The van der Waals surface area contributed by atoms with Crippen LogP contribution in [0.15, 0.2) is 44.8 Å². The first-order valence-corrected chi connectivity index (χ1v) is 11.1. The summed E-state index contributed by atoms with van der Waals surface area (Å²) in [6.07, 6.45) is 0. The largest absolute Gasteiger partial charge is 0.507 e. The van der Waals surface area contributed by atoms with Gasteiger partial charge in [0.25, 0.3) is 5.69 Å². The second kappa shape index (κ2) is 8.71. The number of nitro benzene ring substituents is 1. The van der Waals surface area contributed by atoms with Gasteiger partial charge in [-0.05, 0) is 24.3 Å². The number of rotatable bonds is 6. The lowest BCUT2D eigenvalue weighted by Gasteiger charge is -2.06. The van der Waals surface area contributed by atoms with Crippen molar-refractivity contribution in [3.63, 3.8) is 0 Å². The number of fused-ring (bicyclic) bond motifs is 1. The van der Waals surface area contributed by atoms with E-state index in [0.717, 1.165) is 16.2 Å². The van der Waals surface area contributed by atoms with Gasteiger partial charge in [0.05, 0.1) is 27.3 Å². The molecule has 1 amide bonds. The summed E-state index contributed by atoms with van der Waals surface area (Å²) in [5, 5.41) is 31.0. The molecule has 0 bridgehead atoms. The maximum absolute atomic E-state index is 12.5. The molecule has 4 aromatic rings. The predicted octanol–water partition coefficient (Wildman–Crippen LogP) is 2.77. The summed E-state index contributed by atoms with van der Waals surface area (Å²) in [4.78, 5) is 39.8. The van der Waals surface area contributed by atoms with Crippen molar-refractivity contribution in [1.82, 2.24) is 24.3 Å². The first-order valence-electron chi connectivity index (χ1n) is 9.33. The molecule has 0 unspecified atom stereocenters. The summed E-state index contributed by atoms with van der Waals surface area (Å²) < 4.78 is 3.39. The van der Waals surface area contributed by atoms with Gasteiger partial charge < -0.3 is 10.4 Å². The number of halogens is 1. The Hall–Kier alpha value is -3.65. The molecular weight excluding hydrogens is 518 g/mol. The van der Waals surface area contributed by atoms with E-state index in [1.807, 2.05) is 0 Å². The molecular formula is C19H16BrN7O5S. The summed E-state index contributed by atoms with van der Waals surface area (Å²) in [5.41, 5.74) is 0.580. The molecule has 2 heterocycles. The van der Waals surface area contributed by atoms with Gasteiger partial charge >= 0.3 is 5.69 Å². The van der Waals surface area contributed by atoms with Crippen LogP contribution in [0.1, 0.15) is 0 Å². The number of aromatic amines is 1. The van der Waals surface area contributed by atoms with E-state index in [4.69, 9.17) is 0 Å². The number of H-pyrrole nitrogens is 1. The summed E-state index contributed by atoms with van der Waals surface area (Å²) >= 11 is 4.34. The Bertz CT molecular complexity index is 1480. The molecule has 0 saturated heterocycles. The molecule has 0 aliphatic heterocycles. The minimum absolute atomic E-state index is 0.0154. The zero-order valence-electron chi connectivity index (χ0n) is 17.2. The van der Waals surface area contributed by atoms with Crippen LogP contribution in [-0.2, 0) is 18.9 Å². The van der Waals surface area contributed by atoms with Crippen LogP contribution < -0.4 is 11.0 Å². The maximum Gasteiger partial charge on any atom is 0.328 e. The minimum atomic E-state index is -0.619. The van der Waals surface area contributed by atoms with Gasteiger partial charge in [0.15, 0.2) is 5.82 Å². The third-order valence-corrected chi connectivity index (χ3v) is 6.21. The minimum Gasteiger partial charge on any atom is -0.507 e. The van der Waals surface area contributed by atoms with E-state index in [1.54, 1.807) is 19.2 Å². The number of nitrogens with one attached hydrogen (secondary N) is 2. The number of amides is 1. The number of imidazole rings is 1. The van der Waals surface area contributed by atoms with E-state index >= 15 is 0 Å². The summed E-state index contributed by atoms with van der Waals surface area (Å²) in [6.45, 7) is 0. The van der Waals surface area contributed by atoms with Gasteiger partial charge in [-0.1, -0.05) is 27.7 Å². The van der Waals surface area contributed by atoms with Crippen molar-refractivity contribution in [3.05, 3.63) is 55.4 Å². The molecule has 4 rings (SSSR count). The van der Waals surface area contributed by atoms with Crippen molar-refractivity contribution >= 4 is 56.0 Å². The number of thioether (sulfide) groups is 1. The van der Waals surface area contributed by atoms with E-state index in [9.17, 15) is 24.8 Å². The number of hydrogen-bond acceptors (Lipinski definition) is 8. The van der Waals surface area contributed by atoms with Gasteiger partial charge in [0.1, 0.15) is 11.4 Å². The van der Waals surface area contributed by atoms with Crippen molar-refractivity contribution in [3.8, 4) is 17.1 Å². The molecule has 2 aromatic carbocycles. The van der Waals surface area contributed by atoms with E-state index in [2.05, 4.69) is 36.4 Å². The number of hydrogen-bond donors (Lipinski definition) is 3. The van der Waals surface area contributed by atoms with Gasteiger partial charge in [0.2, 0.25) is 11.1 Å². The van der Waals surface area contributed by atoms with Crippen molar-refractivity contribution < 1.29 is 14.8 Å². The quantitative estimate of drug-likeness (QED) is 0.193. The van der Waals surface area contributed by atoms with Crippen LogP contribution >= 0.6 is 27.7 Å². The number of carbonyl (C=O) groups excluding carboxylic acids is 1. The zero-order valence-corrected chi connectivity index (χ0v) is 19.6. The third-order valence-electron chi connectivity index (χ3n) is 4.87. The Balaban J connectivity index is 1.52. The first kappa shape index (κ1) is 22.5. The fraction of sp³-hybridized carbons (Fsp3) is 0.158. The van der Waals surface area contributed by atoms with E-state index in [-0.39, 0.29) is 33.7 Å². The third kappa shape index (κ3) is 4.34.